The molecule has 0 saturated carbocycles. The molecule has 0 amide bonds. The van der Waals surface area contributed by atoms with Crippen molar-refractivity contribution in [2.24, 2.45) is 0 Å². The molecule has 0 spiro atoms. The molecule has 1 aliphatic heterocycles. The monoisotopic (exact) mass is 344 g/mol. The first kappa shape index (κ1) is 15.1. The molecule has 24 heavy (non-hydrogen) atoms. The van der Waals surface area contributed by atoms with E-state index in [9.17, 15) is 19.1 Å². The standard InChI is InChI=1S/C18H10ClFO4/c19-14-16(22)15(21)11-2-1-3-12-13(11)17(14)24-8-18(12,23)9-4-6-10(20)7-5-9/h1-7,23H,8H2. The Balaban J connectivity index is 2.00. The van der Waals surface area contributed by atoms with Gasteiger partial charge in [-0.3, -0.25) is 9.59 Å². The smallest absolute Gasteiger partial charge is 0.248 e. The van der Waals surface area contributed by atoms with E-state index in [-0.39, 0.29) is 23.0 Å². The fraction of sp³-hybridized carbons (Fsp3) is 0.111. The Labute approximate surface area is 141 Å². The van der Waals surface area contributed by atoms with Gasteiger partial charge < -0.3 is 9.84 Å². The predicted molar refractivity (Wildman–Crippen MR) is 83.9 cm³/mol. The van der Waals surface area contributed by atoms with Crippen LogP contribution in [0.3, 0.4) is 0 Å². The molecular formula is C18H10ClFO4. The summed E-state index contributed by atoms with van der Waals surface area (Å²) in [6.45, 7) is -0.206. The van der Waals surface area contributed by atoms with E-state index in [1.165, 1.54) is 30.3 Å². The zero-order valence-corrected chi connectivity index (χ0v) is 12.9. The van der Waals surface area contributed by atoms with Crippen molar-refractivity contribution in [1.82, 2.24) is 0 Å². The van der Waals surface area contributed by atoms with Crippen LogP contribution in [0.25, 0.3) is 5.76 Å². The Morgan fingerprint density at radius 2 is 1.79 bits per heavy atom. The van der Waals surface area contributed by atoms with E-state index in [1.54, 1.807) is 12.1 Å². The molecule has 4 nitrogen and oxygen atoms in total. The first-order valence-electron chi connectivity index (χ1n) is 7.17. The molecule has 0 radical (unpaired) electrons. The maximum Gasteiger partial charge on any atom is 0.248 e. The molecule has 4 rings (SSSR count). The van der Waals surface area contributed by atoms with Crippen LogP contribution in [-0.4, -0.2) is 23.3 Å². The number of benzene rings is 2. The van der Waals surface area contributed by atoms with Crippen LogP contribution in [0, 0.1) is 5.82 Å². The van der Waals surface area contributed by atoms with Gasteiger partial charge in [-0.05, 0) is 17.7 Å². The Bertz CT molecular complexity index is 933. The van der Waals surface area contributed by atoms with Crippen molar-refractivity contribution in [3.8, 4) is 0 Å². The Kier molecular flexibility index (Phi) is 3.13. The number of aliphatic hydroxyl groups is 1. The lowest BCUT2D eigenvalue weighted by Gasteiger charge is -2.38. The zero-order valence-electron chi connectivity index (χ0n) is 12.2. The highest BCUT2D eigenvalue weighted by Gasteiger charge is 2.45. The van der Waals surface area contributed by atoms with Gasteiger partial charge in [0, 0.05) is 16.7 Å². The number of ether oxygens (including phenoxy) is 1. The minimum Gasteiger partial charge on any atom is -0.487 e. The minimum absolute atomic E-state index is 0.0960. The third-order valence-corrected chi connectivity index (χ3v) is 4.68. The van der Waals surface area contributed by atoms with E-state index in [1.807, 2.05) is 0 Å². The summed E-state index contributed by atoms with van der Waals surface area (Å²) in [5.41, 5.74) is -0.327. The predicted octanol–water partition coefficient (Wildman–Crippen LogP) is 2.76. The van der Waals surface area contributed by atoms with Crippen LogP contribution in [-0.2, 0) is 15.1 Å². The van der Waals surface area contributed by atoms with Crippen molar-refractivity contribution >= 4 is 28.9 Å². The fourth-order valence-electron chi connectivity index (χ4n) is 3.12. The van der Waals surface area contributed by atoms with Gasteiger partial charge in [-0.15, -0.1) is 0 Å². The third-order valence-electron chi connectivity index (χ3n) is 4.33. The summed E-state index contributed by atoms with van der Waals surface area (Å²) < 4.78 is 18.7. The third kappa shape index (κ3) is 1.89. The van der Waals surface area contributed by atoms with Crippen LogP contribution in [0.15, 0.2) is 47.5 Å². The van der Waals surface area contributed by atoms with E-state index >= 15 is 0 Å². The molecule has 2 aliphatic rings. The molecule has 6 heteroatoms. The highest BCUT2D eigenvalue weighted by atomic mass is 35.5. The number of hydrogen-bond donors (Lipinski definition) is 1. The maximum absolute atomic E-state index is 13.2. The van der Waals surface area contributed by atoms with E-state index in [0.29, 0.717) is 16.7 Å². The van der Waals surface area contributed by atoms with Gasteiger partial charge >= 0.3 is 0 Å². The first-order valence-corrected chi connectivity index (χ1v) is 7.55. The summed E-state index contributed by atoms with van der Waals surface area (Å²) in [5, 5.41) is 10.9. The number of ketones is 2. The van der Waals surface area contributed by atoms with Gasteiger partial charge in [-0.1, -0.05) is 41.9 Å². The van der Waals surface area contributed by atoms with Gasteiger partial charge in [0.05, 0.1) is 0 Å². The van der Waals surface area contributed by atoms with E-state index in [4.69, 9.17) is 16.3 Å². The molecule has 0 saturated heterocycles. The van der Waals surface area contributed by atoms with Gasteiger partial charge in [-0.25, -0.2) is 4.39 Å². The SMILES string of the molecule is O=C1C(=O)c2cccc3c2C(=C1Cl)OCC3(O)c1ccc(F)cc1. The van der Waals surface area contributed by atoms with Crippen molar-refractivity contribution in [2.45, 2.75) is 5.60 Å². The van der Waals surface area contributed by atoms with Crippen molar-refractivity contribution in [3.63, 3.8) is 0 Å². The largest absolute Gasteiger partial charge is 0.487 e. The molecule has 120 valence electrons. The van der Waals surface area contributed by atoms with Gasteiger partial charge in [0.25, 0.3) is 0 Å². The fourth-order valence-corrected chi connectivity index (χ4v) is 3.35. The molecular weight excluding hydrogens is 335 g/mol. The number of carbonyl (C=O) groups is 2. The summed E-state index contributed by atoms with van der Waals surface area (Å²) in [6, 6.07) is 10.1. The summed E-state index contributed by atoms with van der Waals surface area (Å²) in [7, 11) is 0. The number of Topliss-reactive ketones (excluding diaryl/α,β-unsaturated/α-hetero) is 2. The highest BCUT2D eigenvalue weighted by molar-refractivity contribution is 6.64. The Morgan fingerprint density at radius 1 is 1.08 bits per heavy atom. The van der Waals surface area contributed by atoms with Crippen LogP contribution >= 0.6 is 11.6 Å². The molecule has 0 fully saturated rings. The minimum atomic E-state index is -1.58. The number of allylic oxidation sites excluding steroid dienone is 1. The second-order valence-corrected chi connectivity index (χ2v) is 6.06. The van der Waals surface area contributed by atoms with Gasteiger partial charge in [0.2, 0.25) is 11.6 Å². The van der Waals surface area contributed by atoms with Gasteiger partial charge in [-0.2, -0.15) is 0 Å². The molecule has 1 atom stereocenters. The normalized spacial score (nSPS) is 22.3. The Hall–Kier alpha value is -2.50. The summed E-state index contributed by atoms with van der Waals surface area (Å²) in [6.07, 6.45) is 0. The lowest BCUT2D eigenvalue weighted by atomic mass is 9.78. The number of hydrogen-bond acceptors (Lipinski definition) is 4. The molecule has 0 aromatic heterocycles. The van der Waals surface area contributed by atoms with Crippen LogP contribution in [0.4, 0.5) is 4.39 Å². The average molecular weight is 345 g/mol. The van der Waals surface area contributed by atoms with Crippen LogP contribution in [0.5, 0.6) is 0 Å². The van der Waals surface area contributed by atoms with Crippen LogP contribution in [0.1, 0.15) is 27.0 Å². The lowest BCUT2D eigenvalue weighted by Crippen LogP contribution is -2.40. The van der Waals surface area contributed by atoms with Gasteiger partial charge in [0.15, 0.2) is 5.76 Å². The molecule has 0 bridgehead atoms. The molecule has 1 heterocycles. The summed E-state index contributed by atoms with van der Waals surface area (Å²) >= 11 is 5.97. The average Bonchev–Trinajstić information content (AvgIpc) is 2.59. The van der Waals surface area contributed by atoms with Gasteiger partial charge in [0.1, 0.15) is 23.1 Å². The molecule has 1 N–H and O–H groups in total. The number of carbonyl (C=O) groups excluding carboxylic acids is 2. The molecule has 2 aromatic carbocycles. The van der Waals surface area contributed by atoms with Crippen molar-refractivity contribution < 1.29 is 23.8 Å². The quantitative estimate of drug-likeness (QED) is 0.808. The summed E-state index contributed by atoms with van der Waals surface area (Å²) in [5.74, 6) is -1.91. The number of rotatable bonds is 1. The second-order valence-electron chi connectivity index (χ2n) is 5.69. The zero-order chi connectivity index (χ0) is 17.1. The second kappa shape index (κ2) is 5.00. The molecule has 1 unspecified atom stereocenters. The van der Waals surface area contributed by atoms with Crippen molar-refractivity contribution in [3.05, 3.63) is 75.6 Å². The number of halogens is 2. The van der Waals surface area contributed by atoms with Crippen LogP contribution < -0.4 is 0 Å². The van der Waals surface area contributed by atoms with Crippen molar-refractivity contribution in [1.29, 1.82) is 0 Å². The molecule has 2 aromatic rings. The van der Waals surface area contributed by atoms with Crippen LogP contribution in [0.2, 0.25) is 0 Å². The summed E-state index contributed by atoms with van der Waals surface area (Å²) in [4.78, 5) is 24.1. The Morgan fingerprint density at radius 3 is 2.50 bits per heavy atom. The van der Waals surface area contributed by atoms with E-state index in [2.05, 4.69) is 0 Å². The van der Waals surface area contributed by atoms with E-state index < -0.39 is 23.0 Å². The van der Waals surface area contributed by atoms with Crippen molar-refractivity contribution in [2.75, 3.05) is 6.61 Å². The topological polar surface area (TPSA) is 63.6 Å². The highest BCUT2D eigenvalue weighted by Crippen LogP contribution is 2.45. The lowest BCUT2D eigenvalue weighted by molar-refractivity contribution is -0.111. The van der Waals surface area contributed by atoms with E-state index in [0.717, 1.165) is 0 Å². The molecule has 1 aliphatic carbocycles. The maximum atomic E-state index is 13.2. The first-order chi connectivity index (χ1) is 11.4.